The van der Waals surface area contributed by atoms with Gasteiger partial charge in [-0.05, 0) is 96.0 Å². The number of carbonyl (C=O) groups is 11. The number of hydrogen-bond donors (Lipinski definition) is 9. The first kappa shape index (κ1) is 70.5. The Morgan fingerprint density at radius 3 is 2.22 bits per heavy atom. The van der Waals surface area contributed by atoms with Gasteiger partial charge in [-0.15, -0.1) is 0 Å². The van der Waals surface area contributed by atoms with Crippen LogP contribution in [0.3, 0.4) is 0 Å². The van der Waals surface area contributed by atoms with E-state index in [4.69, 9.17) is 46.8 Å². The molecular weight excluding hydrogens is 1180 g/mol. The highest BCUT2D eigenvalue weighted by Gasteiger charge is 2.63. The number of fused-ring (bicyclic) bond motifs is 6. The fourth-order valence-electron chi connectivity index (χ4n) is 10.4. The predicted molar refractivity (Wildman–Crippen MR) is 318 cm³/mol. The van der Waals surface area contributed by atoms with Crippen LogP contribution in [0.5, 0.6) is 5.75 Å². The number of amides is 11. The van der Waals surface area contributed by atoms with Crippen molar-refractivity contribution in [3.05, 3.63) is 58.7 Å². The maximum Gasteiger partial charge on any atom is 0.409 e. The van der Waals surface area contributed by atoms with Gasteiger partial charge in [0.15, 0.2) is 5.72 Å². The molecule has 8 unspecified atom stereocenters. The topological polar surface area (TPSA) is 388 Å². The van der Waals surface area contributed by atoms with Gasteiger partial charge in [0.25, 0.3) is 11.8 Å². The van der Waals surface area contributed by atoms with E-state index in [2.05, 4.69) is 31.9 Å². The number of unbranched alkanes of at least 4 members (excludes halogenated alkanes) is 1. The molecule has 10 atom stereocenters. The van der Waals surface area contributed by atoms with Gasteiger partial charge in [-0.25, -0.2) is 14.4 Å². The van der Waals surface area contributed by atoms with Crippen LogP contribution in [-0.4, -0.2) is 206 Å². The second-order valence-corrected chi connectivity index (χ2v) is 23.6. The monoisotopic (exact) mass is 1260 g/mol. The van der Waals surface area contributed by atoms with Crippen molar-refractivity contribution < 1.29 is 81.5 Å². The van der Waals surface area contributed by atoms with E-state index in [1.54, 1.807) is 50.5 Å². The number of imide groups is 1. The molecule has 28 nitrogen and oxygen atoms in total. The first-order valence-corrected chi connectivity index (χ1v) is 30.1. The number of rotatable bonds is 26. The molecule has 6 rings (SSSR count). The van der Waals surface area contributed by atoms with Gasteiger partial charge in [0.05, 0.1) is 25.6 Å². The van der Waals surface area contributed by atoms with E-state index < -0.39 is 138 Å². The number of methoxy groups -OCH3 is 2. The minimum Gasteiger partial charge on any atom is -0.495 e. The maximum absolute atomic E-state index is 14.5. The molecule has 480 valence electrons. The Morgan fingerprint density at radius 1 is 0.943 bits per heavy atom. The zero-order valence-electron chi connectivity index (χ0n) is 50.5. The summed E-state index contributed by atoms with van der Waals surface area (Å²) in [5.41, 5.74) is 8.31. The molecule has 30 heteroatoms. The Bertz CT molecular complexity index is 2830. The SMILES string of the molecule is COc1cc2cc(c1Cl)N(C)C(=O)CC(OC(=O)[C@H](C)N(C)C(=O)NC(CCSC)C(=O)N[C@@H](CC(N)=O)C(=O)NC(CCCCN)C(=O)NCCNC(=O)CCN1C(=O)C=CC1=O)C1(C)CC(C)(O1)C1CC(O)(NC(=O)O1)C(OC)/C=C/C=C(\C)C2. The lowest BCUT2D eigenvalue weighted by molar-refractivity contribution is -0.328. The van der Waals surface area contributed by atoms with Crippen LogP contribution in [-0.2, 0) is 68.5 Å². The van der Waals surface area contributed by atoms with Crippen LogP contribution < -0.4 is 53.0 Å². The third-order valence-electron chi connectivity index (χ3n) is 15.4. The van der Waals surface area contributed by atoms with Gasteiger partial charge in [0.2, 0.25) is 35.4 Å². The second kappa shape index (κ2) is 31.6. The Kier molecular flexibility index (Phi) is 25.6. The highest BCUT2D eigenvalue weighted by atomic mass is 35.5. The average molecular weight is 1260 g/mol. The normalized spacial score (nSPS) is 25.1. The van der Waals surface area contributed by atoms with Gasteiger partial charge in [0, 0.05) is 72.3 Å². The number of likely N-dealkylation sites (N-methyl/N-ethyl adjacent to an activating group) is 1. The number of urea groups is 1. The number of carbonyl (C=O) groups excluding carboxylic acids is 11. The lowest BCUT2D eigenvalue weighted by Gasteiger charge is -2.59. The molecule has 0 spiro atoms. The van der Waals surface area contributed by atoms with Gasteiger partial charge >= 0.3 is 18.1 Å². The summed E-state index contributed by atoms with van der Waals surface area (Å²) in [5.74, 6) is -6.14. The molecule has 1 aromatic carbocycles. The summed E-state index contributed by atoms with van der Waals surface area (Å²) in [6, 6.07) is -3.16. The van der Waals surface area contributed by atoms with Crippen LogP contribution in [0, 0.1) is 0 Å². The number of anilines is 1. The summed E-state index contributed by atoms with van der Waals surface area (Å²) < 4.78 is 29.7. The Balaban J connectivity index is 1.32. The van der Waals surface area contributed by atoms with Crippen molar-refractivity contribution in [3.8, 4) is 5.75 Å². The van der Waals surface area contributed by atoms with Crippen LogP contribution in [0.2, 0.25) is 5.02 Å². The highest BCUT2D eigenvalue weighted by Crippen LogP contribution is 2.50. The number of alkyl carbamates (subject to hydrolysis) is 1. The molecular formula is C57H82ClN11O17S. The summed E-state index contributed by atoms with van der Waals surface area (Å²) in [7, 11) is 5.56. The predicted octanol–water partition coefficient (Wildman–Crippen LogP) is 0.485. The van der Waals surface area contributed by atoms with Crippen LogP contribution in [0.1, 0.15) is 91.0 Å². The number of benzene rings is 1. The van der Waals surface area contributed by atoms with Gasteiger partial charge < -0.3 is 76.6 Å². The molecule has 11 N–H and O–H groups in total. The fraction of sp³-hybridized carbons (Fsp3) is 0.596. The lowest BCUT2D eigenvalue weighted by Crippen LogP contribution is -2.72. The number of halogens is 1. The average Bonchev–Trinajstić information content (AvgIpc) is 1.14. The zero-order valence-corrected chi connectivity index (χ0v) is 52.0. The summed E-state index contributed by atoms with van der Waals surface area (Å²) in [6.45, 7) is 6.45. The lowest BCUT2D eigenvalue weighted by atomic mass is 9.72. The van der Waals surface area contributed by atoms with Gasteiger partial charge in [-0.3, -0.25) is 48.6 Å². The van der Waals surface area contributed by atoms with E-state index in [-0.39, 0.29) is 74.7 Å². The van der Waals surface area contributed by atoms with Crippen LogP contribution in [0.4, 0.5) is 15.3 Å². The molecule has 5 heterocycles. The third-order valence-corrected chi connectivity index (χ3v) is 16.4. The molecule has 2 fully saturated rings. The quantitative estimate of drug-likeness (QED) is 0.0346. The summed E-state index contributed by atoms with van der Waals surface area (Å²) >= 11 is 8.16. The van der Waals surface area contributed by atoms with E-state index in [0.29, 0.717) is 30.6 Å². The molecule has 5 aliphatic rings. The van der Waals surface area contributed by atoms with Gasteiger partial charge in [-0.2, -0.15) is 11.8 Å². The number of nitrogens with one attached hydrogen (secondary N) is 6. The second-order valence-electron chi connectivity index (χ2n) is 22.2. The first-order chi connectivity index (χ1) is 41.0. The van der Waals surface area contributed by atoms with E-state index in [1.807, 2.05) is 6.92 Å². The third kappa shape index (κ3) is 18.9. The molecule has 0 aliphatic carbocycles. The molecule has 11 amide bonds. The number of nitrogens with zero attached hydrogens (tertiary/aromatic N) is 3. The molecule has 1 aromatic rings. The maximum atomic E-state index is 14.5. The Morgan fingerprint density at radius 2 is 1.59 bits per heavy atom. The van der Waals surface area contributed by atoms with E-state index in [1.165, 1.54) is 51.9 Å². The van der Waals surface area contributed by atoms with Crippen molar-refractivity contribution in [3.63, 3.8) is 0 Å². The number of ether oxygens (including phenoxy) is 5. The minimum absolute atomic E-state index is 0.00723. The number of primary amides is 1. The van der Waals surface area contributed by atoms with Crippen LogP contribution in [0.15, 0.2) is 48.1 Å². The van der Waals surface area contributed by atoms with E-state index >= 15 is 0 Å². The molecule has 0 saturated carbocycles. The smallest absolute Gasteiger partial charge is 0.409 e. The molecule has 5 aliphatic heterocycles. The Hall–Kier alpha value is -7.31. The molecule has 0 aromatic heterocycles. The number of aliphatic hydroxyl groups is 1. The molecule has 0 radical (unpaired) electrons. The number of allylic oxidation sites excluding steroid dienone is 3. The van der Waals surface area contributed by atoms with Gasteiger partial charge in [-0.1, -0.05) is 35.4 Å². The number of thioether (sulfide) groups is 1. The van der Waals surface area contributed by atoms with Crippen molar-refractivity contribution in [1.29, 1.82) is 0 Å². The fourth-order valence-corrected chi connectivity index (χ4v) is 11.2. The van der Waals surface area contributed by atoms with E-state index in [0.717, 1.165) is 27.5 Å². The largest absolute Gasteiger partial charge is 0.495 e. The van der Waals surface area contributed by atoms with Crippen molar-refractivity contribution in [2.75, 3.05) is 71.4 Å². The Labute approximate surface area is 514 Å². The van der Waals surface area contributed by atoms with Crippen molar-refractivity contribution in [1.82, 2.24) is 41.7 Å². The standard InChI is InChI=1S/C57H82ClN11O17S/c1-32-13-12-15-40(83-8)57(81)30-42(85-54(80)66-57)56(4)31-55(3,86-56)41(29-47(74)68(6)38-26-34(25-32)27-39(82-7)48(38)58)84-52(78)33(2)67(5)53(79)65-36(19-24-87-9)50(76)64-37(28-43(60)70)51(77)63-35(14-10-11-20-59)49(75)62-22-21-61-44(71)18-23-69-45(72)16-17-46(69)73/h12-13,15-17,26-27,33,35-37,40-42,81H,10-11,14,18-25,28-31,59H2,1-9H3,(H2,60,70)(H,61,71)(H,62,75)(H,63,77)(H,64,76)(H,65,79)(H,66,80)/b15-12+,32-13+/t33-,35?,36?,37-,40?,41?,42?,55?,56?,57?/m0/s1. The van der Waals surface area contributed by atoms with Crippen LogP contribution in [0.25, 0.3) is 0 Å². The number of nitrogens with two attached hydrogens (primary N) is 2. The zero-order chi connectivity index (χ0) is 64.6. The van der Waals surface area contributed by atoms with E-state index in [9.17, 15) is 57.8 Å². The highest BCUT2D eigenvalue weighted by molar-refractivity contribution is 7.98. The number of hydrogen-bond acceptors (Lipinski definition) is 19. The molecule has 2 saturated heterocycles. The van der Waals surface area contributed by atoms with Gasteiger partial charge in [0.1, 0.15) is 64.5 Å². The van der Waals surface area contributed by atoms with Crippen LogP contribution >= 0.6 is 23.4 Å². The first-order valence-electron chi connectivity index (χ1n) is 28.3. The molecule has 87 heavy (non-hydrogen) atoms. The summed E-state index contributed by atoms with van der Waals surface area (Å²) in [6.07, 6.45) is 4.20. The molecule has 6 bridgehead atoms. The summed E-state index contributed by atoms with van der Waals surface area (Å²) in [4.78, 5) is 149. The van der Waals surface area contributed by atoms with Crippen molar-refractivity contribution in [2.24, 2.45) is 11.5 Å². The summed E-state index contributed by atoms with van der Waals surface area (Å²) in [5, 5.41) is 27.4. The number of esters is 1. The van der Waals surface area contributed by atoms with Crippen molar-refractivity contribution >= 4 is 94.4 Å². The minimum atomic E-state index is -1.98. The van der Waals surface area contributed by atoms with Crippen molar-refractivity contribution in [2.45, 2.75) is 151 Å².